The summed E-state index contributed by atoms with van der Waals surface area (Å²) in [6, 6.07) is 0. The number of carbonyl (C=O) groups is 1. The molecule has 70 valence electrons. The minimum Gasteiger partial charge on any atom is -0.441 e. The smallest absolute Gasteiger partial charge is 0.410 e. The Morgan fingerprint density at radius 1 is 1.67 bits per heavy atom. The van der Waals surface area contributed by atoms with E-state index in [1.807, 2.05) is 13.8 Å². The zero-order valence-corrected chi connectivity index (χ0v) is 7.54. The summed E-state index contributed by atoms with van der Waals surface area (Å²) in [5, 5.41) is 8.56. The summed E-state index contributed by atoms with van der Waals surface area (Å²) in [7, 11) is 0. The van der Waals surface area contributed by atoms with E-state index in [-0.39, 0.29) is 18.3 Å². The van der Waals surface area contributed by atoms with Crippen molar-refractivity contribution < 1.29 is 14.6 Å². The van der Waals surface area contributed by atoms with Gasteiger partial charge in [-0.1, -0.05) is 0 Å². The molecular weight excluding hydrogens is 158 g/mol. The lowest BCUT2D eigenvalue weighted by atomic mass is 10.1. The number of hydrogen-bond donors (Lipinski definition) is 1. The van der Waals surface area contributed by atoms with Crippen molar-refractivity contribution in [3.8, 4) is 0 Å². The van der Waals surface area contributed by atoms with Crippen LogP contribution in [0, 0.1) is 0 Å². The molecule has 0 unspecified atom stereocenters. The summed E-state index contributed by atoms with van der Waals surface area (Å²) in [4.78, 5) is 12.7. The third-order valence-electron chi connectivity index (χ3n) is 1.78. The Hall–Kier alpha value is -0.770. The molecule has 0 radical (unpaired) electrons. The molecule has 0 aromatic rings. The molecular formula is C8H15NO3. The highest BCUT2D eigenvalue weighted by molar-refractivity contribution is 5.70. The summed E-state index contributed by atoms with van der Waals surface area (Å²) >= 11 is 0. The first kappa shape index (κ1) is 9.32. The Bertz CT molecular complexity index is 179. The second kappa shape index (κ2) is 3.31. The third kappa shape index (κ3) is 2.11. The van der Waals surface area contributed by atoms with Crippen molar-refractivity contribution in [2.75, 3.05) is 19.7 Å². The normalized spacial score (nSPS) is 21.2. The molecule has 0 saturated carbocycles. The van der Waals surface area contributed by atoms with Crippen LogP contribution in [0.3, 0.4) is 0 Å². The summed E-state index contributed by atoms with van der Waals surface area (Å²) in [6.45, 7) is 5.07. The quantitative estimate of drug-likeness (QED) is 0.680. The molecule has 4 heteroatoms. The predicted molar refractivity (Wildman–Crippen MR) is 43.8 cm³/mol. The summed E-state index contributed by atoms with van der Waals surface area (Å²) in [5.74, 6) is 0. The Kier molecular flexibility index (Phi) is 2.57. The average molecular weight is 173 g/mol. The van der Waals surface area contributed by atoms with E-state index in [0.717, 1.165) is 0 Å². The molecule has 1 saturated heterocycles. The van der Waals surface area contributed by atoms with Crippen molar-refractivity contribution in [2.24, 2.45) is 0 Å². The van der Waals surface area contributed by atoms with Crippen LogP contribution in [0.2, 0.25) is 0 Å². The highest BCUT2D eigenvalue weighted by Gasteiger charge is 2.36. The van der Waals surface area contributed by atoms with Gasteiger partial charge in [0, 0.05) is 13.2 Å². The molecule has 1 amide bonds. The van der Waals surface area contributed by atoms with Gasteiger partial charge >= 0.3 is 6.09 Å². The number of hydrogen-bond acceptors (Lipinski definition) is 3. The van der Waals surface area contributed by atoms with E-state index < -0.39 is 0 Å². The minimum absolute atomic E-state index is 0.115. The number of rotatable bonds is 3. The van der Waals surface area contributed by atoms with E-state index in [1.54, 1.807) is 4.90 Å². The van der Waals surface area contributed by atoms with Crippen LogP contribution in [-0.2, 0) is 4.74 Å². The lowest BCUT2D eigenvalue weighted by Gasteiger charge is -2.14. The van der Waals surface area contributed by atoms with Crippen LogP contribution in [0.25, 0.3) is 0 Å². The van der Waals surface area contributed by atoms with E-state index in [4.69, 9.17) is 9.84 Å². The second-order valence-electron chi connectivity index (χ2n) is 3.63. The fourth-order valence-electron chi connectivity index (χ4n) is 1.29. The van der Waals surface area contributed by atoms with Gasteiger partial charge in [-0.25, -0.2) is 4.79 Å². The van der Waals surface area contributed by atoms with Gasteiger partial charge in [-0.3, -0.25) is 0 Å². The van der Waals surface area contributed by atoms with Gasteiger partial charge in [-0.2, -0.15) is 0 Å². The lowest BCUT2D eigenvalue weighted by Crippen LogP contribution is -2.29. The van der Waals surface area contributed by atoms with Crippen molar-refractivity contribution >= 4 is 6.09 Å². The van der Waals surface area contributed by atoms with Gasteiger partial charge in [0.05, 0.1) is 6.54 Å². The molecule has 0 aromatic carbocycles. The van der Waals surface area contributed by atoms with Gasteiger partial charge in [0.15, 0.2) is 0 Å². The zero-order chi connectivity index (χ0) is 9.19. The van der Waals surface area contributed by atoms with Crippen molar-refractivity contribution in [1.29, 1.82) is 0 Å². The first-order chi connectivity index (χ1) is 5.55. The number of cyclic esters (lactones) is 1. The summed E-state index contributed by atoms with van der Waals surface area (Å²) in [5.41, 5.74) is -0.369. The van der Waals surface area contributed by atoms with Gasteiger partial charge in [-0.15, -0.1) is 0 Å². The fourth-order valence-corrected chi connectivity index (χ4v) is 1.29. The van der Waals surface area contributed by atoms with Crippen LogP contribution in [0.5, 0.6) is 0 Å². The Balaban J connectivity index is 2.42. The number of aliphatic hydroxyl groups excluding tert-OH is 1. The number of ether oxygens (including phenoxy) is 1. The Labute approximate surface area is 72.1 Å². The number of amides is 1. The average Bonchev–Trinajstić information content (AvgIpc) is 2.20. The maximum atomic E-state index is 11.1. The maximum absolute atomic E-state index is 11.1. The molecule has 12 heavy (non-hydrogen) atoms. The van der Waals surface area contributed by atoms with Crippen LogP contribution >= 0.6 is 0 Å². The molecule has 1 aliphatic heterocycles. The molecule has 1 N–H and O–H groups in total. The van der Waals surface area contributed by atoms with Crippen LogP contribution in [0.15, 0.2) is 0 Å². The van der Waals surface area contributed by atoms with Crippen molar-refractivity contribution in [1.82, 2.24) is 4.90 Å². The highest BCUT2D eigenvalue weighted by Crippen LogP contribution is 2.21. The molecule has 1 fully saturated rings. The summed E-state index contributed by atoms with van der Waals surface area (Å²) < 4.78 is 5.06. The monoisotopic (exact) mass is 173 g/mol. The molecule has 4 nitrogen and oxygen atoms in total. The molecule has 0 bridgehead atoms. The van der Waals surface area contributed by atoms with E-state index in [2.05, 4.69) is 0 Å². The van der Waals surface area contributed by atoms with Gasteiger partial charge in [0.1, 0.15) is 5.60 Å². The van der Waals surface area contributed by atoms with E-state index in [9.17, 15) is 4.79 Å². The van der Waals surface area contributed by atoms with E-state index in [0.29, 0.717) is 19.5 Å². The standard InChI is InChI=1S/C8H15NO3/c1-8(2)6-9(4-3-5-10)7(11)12-8/h10H,3-6H2,1-2H3. The number of aliphatic hydroxyl groups is 1. The minimum atomic E-state index is -0.369. The zero-order valence-electron chi connectivity index (χ0n) is 7.54. The Morgan fingerprint density at radius 3 is 2.75 bits per heavy atom. The Morgan fingerprint density at radius 2 is 2.33 bits per heavy atom. The molecule has 1 rings (SSSR count). The first-order valence-corrected chi connectivity index (χ1v) is 4.14. The second-order valence-corrected chi connectivity index (χ2v) is 3.63. The van der Waals surface area contributed by atoms with Crippen LogP contribution < -0.4 is 0 Å². The molecule has 0 aromatic heterocycles. The number of carbonyl (C=O) groups excluding carboxylic acids is 1. The number of nitrogens with zero attached hydrogens (tertiary/aromatic N) is 1. The SMILES string of the molecule is CC1(C)CN(CCCO)C(=O)O1. The van der Waals surface area contributed by atoms with Crippen LogP contribution in [0.1, 0.15) is 20.3 Å². The fraction of sp³-hybridized carbons (Fsp3) is 0.875. The van der Waals surface area contributed by atoms with Gasteiger partial charge in [0.25, 0.3) is 0 Å². The topological polar surface area (TPSA) is 49.8 Å². The van der Waals surface area contributed by atoms with Gasteiger partial charge in [-0.05, 0) is 20.3 Å². The maximum Gasteiger partial charge on any atom is 0.410 e. The van der Waals surface area contributed by atoms with Crippen molar-refractivity contribution in [3.63, 3.8) is 0 Å². The summed E-state index contributed by atoms with van der Waals surface area (Å²) in [6.07, 6.45) is 0.346. The van der Waals surface area contributed by atoms with Gasteiger partial charge in [0.2, 0.25) is 0 Å². The van der Waals surface area contributed by atoms with E-state index in [1.165, 1.54) is 0 Å². The third-order valence-corrected chi connectivity index (χ3v) is 1.78. The molecule has 0 aliphatic carbocycles. The molecule has 1 heterocycles. The molecule has 1 aliphatic rings. The van der Waals surface area contributed by atoms with Crippen LogP contribution in [-0.4, -0.2) is 41.4 Å². The van der Waals surface area contributed by atoms with Gasteiger partial charge < -0.3 is 14.7 Å². The van der Waals surface area contributed by atoms with E-state index >= 15 is 0 Å². The molecule has 0 spiro atoms. The predicted octanol–water partition coefficient (Wildman–Crippen LogP) is 0.600. The largest absolute Gasteiger partial charge is 0.441 e. The lowest BCUT2D eigenvalue weighted by molar-refractivity contribution is 0.0858. The molecule has 0 atom stereocenters. The first-order valence-electron chi connectivity index (χ1n) is 4.14. The van der Waals surface area contributed by atoms with Crippen LogP contribution in [0.4, 0.5) is 4.79 Å². The van der Waals surface area contributed by atoms with Crippen molar-refractivity contribution in [3.05, 3.63) is 0 Å². The van der Waals surface area contributed by atoms with Crippen molar-refractivity contribution in [2.45, 2.75) is 25.9 Å². The highest BCUT2D eigenvalue weighted by atomic mass is 16.6.